The average molecular weight is 260 g/mol. The summed E-state index contributed by atoms with van der Waals surface area (Å²) in [6.07, 6.45) is 8.70. The third kappa shape index (κ3) is 1.05. The van der Waals surface area contributed by atoms with Crippen molar-refractivity contribution in [1.82, 2.24) is 0 Å². The molecule has 2 atom stereocenters. The zero-order valence-corrected chi connectivity index (χ0v) is 11.9. The Hall–Kier alpha value is -0.340. The topological polar surface area (TPSA) is 0 Å². The van der Waals surface area contributed by atoms with Crippen LogP contribution in [0, 0.1) is 0 Å². The Bertz CT molecular complexity index is 487. The van der Waals surface area contributed by atoms with E-state index in [1.54, 1.807) is 22.3 Å². The van der Waals surface area contributed by atoms with E-state index in [1.807, 2.05) is 23.5 Å². The number of allylic oxidation sites excluding steroid dienone is 4. The van der Waals surface area contributed by atoms with Crippen molar-refractivity contribution in [2.75, 3.05) is 0 Å². The number of hydrogen-bond donors (Lipinski definition) is 0. The van der Waals surface area contributed by atoms with Crippen LogP contribution >= 0.6 is 23.5 Å². The van der Waals surface area contributed by atoms with Crippen LogP contribution in [0.15, 0.2) is 45.3 Å². The van der Waals surface area contributed by atoms with Gasteiger partial charge in [-0.05, 0) is 66.2 Å². The third-order valence-corrected chi connectivity index (χ3v) is 7.76. The predicted molar refractivity (Wildman–Crippen MR) is 78.2 cm³/mol. The van der Waals surface area contributed by atoms with Crippen LogP contribution in [0.2, 0.25) is 0 Å². The summed E-state index contributed by atoms with van der Waals surface area (Å²) in [5, 5.41) is 4.62. The van der Waals surface area contributed by atoms with Crippen molar-refractivity contribution >= 4 is 23.5 Å². The highest BCUT2D eigenvalue weighted by Gasteiger charge is 2.56. The molecule has 0 bridgehead atoms. The summed E-state index contributed by atoms with van der Waals surface area (Å²) >= 11 is 4.04. The third-order valence-electron chi connectivity index (χ3n) is 4.88. The minimum Gasteiger partial charge on any atom is -0.121 e. The first kappa shape index (κ1) is 10.6. The molecule has 17 heavy (non-hydrogen) atoms. The Balaban J connectivity index is 2.06. The second kappa shape index (κ2) is 3.16. The molecule has 4 rings (SSSR count). The maximum atomic E-state index is 2.44. The molecule has 88 valence electrons. The smallest absolute Gasteiger partial charge is 0.0612 e. The highest BCUT2D eigenvalue weighted by Crippen LogP contribution is 2.65. The van der Waals surface area contributed by atoms with Gasteiger partial charge in [-0.1, -0.05) is 12.2 Å². The molecule has 2 heterocycles. The highest BCUT2D eigenvalue weighted by molar-refractivity contribution is 8.08. The highest BCUT2D eigenvalue weighted by atomic mass is 32.2. The Labute approximate surface area is 111 Å². The summed E-state index contributed by atoms with van der Waals surface area (Å²) in [4.78, 5) is 0. The van der Waals surface area contributed by atoms with Crippen LogP contribution < -0.4 is 0 Å². The van der Waals surface area contributed by atoms with Crippen LogP contribution in [0.1, 0.15) is 33.1 Å². The lowest BCUT2D eigenvalue weighted by Gasteiger charge is -2.46. The van der Waals surface area contributed by atoms with Gasteiger partial charge in [0.05, 0.1) is 9.49 Å². The Kier molecular flexibility index (Phi) is 1.96. The van der Waals surface area contributed by atoms with Gasteiger partial charge in [0.2, 0.25) is 0 Å². The van der Waals surface area contributed by atoms with Gasteiger partial charge in [0, 0.05) is 0 Å². The Morgan fingerprint density at radius 2 is 1.35 bits per heavy atom. The van der Waals surface area contributed by atoms with E-state index in [0.717, 1.165) is 0 Å². The molecule has 0 amide bonds. The lowest BCUT2D eigenvalue weighted by atomic mass is 9.72. The van der Waals surface area contributed by atoms with Gasteiger partial charge in [0.15, 0.2) is 0 Å². The summed E-state index contributed by atoms with van der Waals surface area (Å²) < 4.78 is 0.499. The first-order valence-corrected chi connectivity index (χ1v) is 8.09. The molecule has 0 nitrogen and oxygen atoms in total. The van der Waals surface area contributed by atoms with Gasteiger partial charge in [-0.25, -0.2) is 0 Å². The maximum Gasteiger partial charge on any atom is 0.0612 e. The number of hydrogen-bond acceptors (Lipinski definition) is 2. The molecule has 1 fully saturated rings. The molecular formula is C15H16S2. The first-order chi connectivity index (χ1) is 8.17. The largest absolute Gasteiger partial charge is 0.121 e. The lowest BCUT2D eigenvalue weighted by Crippen LogP contribution is -2.47. The molecule has 2 heteroatoms. The molecule has 0 aromatic rings. The van der Waals surface area contributed by atoms with Crippen molar-refractivity contribution in [2.45, 2.75) is 42.6 Å². The molecular weight excluding hydrogens is 244 g/mol. The summed E-state index contributed by atoms with van der Waals surface area (Å²) in [7, 11) is 0. The minimum absolute atomic E-state index is 0.250. The summed E-state index contributed by atoms with van der Waals surface area (Å²) in [6.45, 7) is 4.88. The van der Waals surface area contributed by atoms with Gasteiger partial charge in [0.1, 0.15) is 0 Å². The zero-order valence-electron chi connectivity index (χ0n) is 10.2. The predicted octanol–water partition coefficient (Wildman–Crippen LogP) is 4.82. The van der Waals surface area contributed by atoms with Gasteiger partial charge < -0.3 is 0 Å². The Morgan fingerprint density at radius 1 is 0.882 bits per heavy atom. The van der Waals surface area contributed by atoms with Crippen molar-refractivity contribution < 1.29 is 0 Å². The van der Waals surface area contributed by atoms with Gasteiger partial charge >= 0.3 is 0 Å². The zero-order chi connectivity index (χ0) is 11.7. The molecule has 0 N–H and O–H groups in total. The molecule has 0 aromatic heterocycles. The fourth-order valence-corrected chi connectivity index (χ4v) is 6.32. The summed E-state index contributed by atoms with van der Waals surface area (Å²) in [6, 6.07) is 0. The molecule has 2 aliphatic heterocycles. The van der Waals surface area contributed by atoms with Crippen molar-refractivity contribution in [1.29, 1.82) is 0 Å². The fourth-order valence-electron chi connectivity index (χ4n) is 3.78. The van der Waals surface area contributed by atoms with E-state index in [1.165, 1.54) is 19.3 Å². The number of rotatable bonds is 0. The SMILES string of the molecule is C[C@@]12SC=CC1=C1CCCC1=C1C=CS[C@]12C. The summed E-state index contributed by atoms with van der Waals surface area (Å²) in [5.41, 5.74) is 6.59. The van der Waals surface area contributed by atoms with Crippen LogP contribution in [-0.4, -0.2) is 9.49 Å². The van der Waals surface area contributed by atoms with E-state index in [-0.39, 0.29) is 9.49 Å². The molecule has 1 saturated carbocycles. The van der Waals surface area contributed by atoms with E-state index >= 15 is 0 Å². The monoisotopic (exact) mass is 260 g/mol. The van der Waals surface area contributed by atoms with Crippen molar-refractivity contribution in [3.8, 4) is 0 Å². The lowest BCUT2D eigenvalue weighted by molar-refractivity contribution is 0.607. The molecule has 0 aromatic carbocycles. The maximum absolute atomic E-state index is 2.44. The van der Waals surface area contributed by atoms with E-state index in [4.69, 9.17) is 0 Å². The van der Waals surface area contributed by atoms with Crippen molar-refractivity contribution in [3.05, 3.63) is 45.3 Å². The van der Waals surface area contributed by atoms with Crippen LogP contribution in [0.4, 0.5) is 0 Å². The molecule has 0 unspecified atom stereocenters. The minimum atomic E-state index is 0.250. The van der Waals surface area contributed by atoms with Crippen molar-refractivity contribution in [2.24, 2.45) is 0 Å². The molecule has 0 spiro atoms. The van der Waals surface area contributed by atoms with Gasteiger partial charge in [0.25, 0.3) is 0 Å². The normalized spacial score (nSPS) is 42.2. The number of fused-ring (bicyclic) bond motifs is 4. The van der Waals surface area contributed by atoms with Gasteiger partial charge in [-0.3, -0.25) is 0 Å². The average Bonchev–Trinajstić information content (AvgIpc) is 2.94. The second-order valence-corrected chi connectivity index (χ2v) is 8.19. The molecule has 4 aliphatic rings. The van der Waals surface area contributed by atoms with Gasteiger partial charge in [-0.15, -0.1) is 23.5 Å². The van der Waals surface area contributed by atoms with Crippen LogP contribution in [0.5, 0.6) is 0 Å². The van der Waals surface area contributed by atoms with E-state index in [0.29, 0.717) is 0 Å². The van der Waals surface area contributed by atoms with Crippen LogP contribution in [-0.2, 0) is 0 Å². The van der Waals surface area contributed by atoms with E-state index in [9.17, 15) is 0 Å². The summed E-state index contributed by atoms with van der Waals surface area (Å²) in [5.74, 6) is 0. The first-order valence-electron chi connectivity index (χ1n) is 6.33. The van der Waals surface area contributed by atoms with E-state index in [2.05, 4.69) is 36.8 Å². The van der Waals surface area contributed by atoms with Crippen LogP contribution in [0.25, 0.3) is 0 Å². The standard InChI is InChI=1S/C15H16S2/c1-14-12(6-8-16-14)10-4-3-5-11(10)13-7-9-17-15(13,14)2/h6-9H,3-5H2,1-2H3/t14-,15-/m1/s1. The Morgan fingerprint density at radius 3 is 1.82 bits per heavy atom. The quantitative estimate of drug-likeness (QED) is 0.612. The fraction of sp³-hybridized carbons (Fsp3) is 0.467. The molecule has 0 saturated heterocycles. The van der Waals surface area contributed by atoms with Crippen molar-refractivity contribution in [3.63, 3.8) is 0 Å². The van der Waals surface area contributed by atoms with Gasteiger partial charge in [-0.2, -0.15) is 0 Å². The van der Waals surface area contributed by atoms with Crippen LogP contribution in [0.3, 0.4) is 0 Å². The van der Waals surface area contributed by atoms with E-state index < -0.39 is 0 Å². The molecule has 2 aliphatic carbocycles. The molecule has 0 radical (unpaired) electrons. The second-order valence-electron chi connectivity index (χ2n) is 5.55. The number of thioether (sulfide) groups is 2.